The van der Waals surface area contributed by atoms with Crippen LogP contribution in [0.25, 0.3) is 0 Å². The van der Waals surface area contributed by atoms with Crippen LogP contribution in [0, 0.1) is 5.92 Å². The van der Waals surface area contributed by atoms with Gasteiger partial charge in [0, 0.05) is 12.5 Å². The third-order valence-corrected chi connectivity index (χ3v) is 2.43. The first-order valence-electron chi connectivity index (χ1n) is 5.90. The molecule has 0 amide bonds. The van der Waals surface area contributed by atoms with Crippen molar-refractivity contribution in [2.24, 2.45) is 28.9 Å². The van der Waals surface area contributed by atoms with Crippen LogP contribution in [0.3, 0.4) is 0 Å². The lowest BCUT2D eigenvalue weighted by Gasteiger charge is -2.20. The average Bonchev–Trinajstić information content (AvgIpc) is 2.37. The van der Waals surface area contributed by atoms with Crippen molar-refractivity contribution in [3.05, 3.63) is 0 Å². The minimum Gasteiger partial charge on any atom is -0.480 e. The average molecular weight is 278 g/mol. The summed E-state index contributed by atoms with van der Waals surface area (Å²) in [5, 5.41) is 8.72. The minimum absolute atomic E-state index is 0.0562. The Bertz CT molecular complexity index is 289. The molecule has 0 rings (SSSR count). The van der Waals surface area contributed by atoms with Gasteiger partial charge in [-0.15, -0.1) is 0 Å². The molecular formula is C10H22N4O5. The lowest BCUT2D eigenvalue weighted by atomic mass is 9.92. The normalized spacial score (nSPS) is 15.8. The zero-order chi connectivity index (χ0) is 14.8. The summed E-state index contributed by atoms with van der Waals surface area (Å²) < 4.78 is 0. The van der Waals surface area contributed by atoms with Crippen LogP contribution >= 0.6 is 0 Å². The number of Topliss-reactive ketones (excluding diaryl/α,β-unsaturated/α-hetero) is 1. The van der Waals surface area contributed by atoms with E-state index >= 15 is 0 Å². The minimum atomic E-state index is -1.32. The molecule has 19 heavy (non-hydrogen) atoms. The molecule has 0 heterocycles. The summed E-state index contributed by atoms with van der Waals surface area (Å²) in [6.45, 7) is 0.521. The van der Waals surface area contributed by atoms with Crippen LogP contribution in [0.5, 0.6) is 0 Å². The van der Waals surface area contributed by atoms with Crippen molar-refractivity contribution in [3.63, 3.8) is 0 Å². The fraction of sp³-hybridized carbons (Fsp3) is 0.800. The number of ketones is 1. The highest BCUT2D eigenvalue weighted by Gasteiger charge is 2.29. The van der Waals surface area contributed by atoms with E-state index in [1.165, 1.54) is 0 Å². The second-order valence-electron chi connectivity index (χ2n) is 3.98. The first-order valence-corrected chi connectivity index (χ1v) is 5.90. The van der Waals surface area contributed by atoms with Crippen molar-refractivity contribution in [1.29, 1.82) is 0 Å². The monoisotopic (exact) mass is 278 g/mol. The van der Waals surface area contributed by atoms with Gasteiger partial charge in [0.25, 0.3) is 0 Å². The molecule has 3 atom stereocenters. The smallest absolute Gasteiger partial charge is 0.320 e. The Hall–Kier alpha value is -1.10. The second kappa shape index (κ2) is 9.78. The molecule has 9 nitrogen and oxygen atoms in total. The van der Waals surface area contributed by atoms with Gasteiger partial charge < -0.3 is 22.3 Å². The Morgan fingerprint density at radius 3 is 2.26 bits per heavy atom. The van der Waals surface area contributed by atoms with Gasteiger partial charge in [-0.1, -0.05) is 0 Å². The summed E-state index contributed by atoms with van der Waals surface area (Å²) in [6.07, 6.45) is -1.10. The van der Waals surface area contributed by atoms with Crippen molar-refractivity contribution >= 4 is 11.8 Å². The van der Waals surface area contributed by atoms with Crippen LogP contribution in [0.2, 0.25) is 0 Å². The molecule has 0 aromatic carbocycles. The molecular weight excluding hydrogens is 256 g/mol. The Balaban J connectivity index is 4.42. The molecule has 0 aromatic rings. The summed E-state index contributed by atoms with van der Waals surface area (Å²) in [6, 6.07) is -1.15. The molecule has 0 radical (unpaired) electrons. The van der Waals surface area contributed by atoms with Crippen LogP contribution in [0.4, 0.5) is 0 Å². The van der Waals surface area contributed by atoms with Gasteiger partial charge in [0.2, 0.25) is 0 Å². The highest BCUT2D eigenvalue weighted by atomic mass is 17.2. The zero-order valence-corrected chi connectivity index (χ0v) is 10.7. The van der Waals surface area contributed by atoms with E-state index in [1.54, 1.807) is 0 Å². The maximum atomic E-state index is 11.9. The number of nitrogens with two attached hydrogens (primary N) is 4. The van der Waals surface area contributed by atoms with Gasteiger partial charge in [-0.2, -0.15) is 0 Å². The standard InChI is InChI=1S/C10H22N4O5/c11-2-1-6(5-7(13)10(16)17)8(15)9(14)19-18-4-3-12/h6-7,9H,1-5,11-14H2,(H,16,17)/t6?,7-,9-/m0/s1. The summed E-state index contributed by atoms with van der Waals surface area (Å²) >= 11 is 0. The molecule has 0 saturated heterocycles. The Morgan fingerprint density at radius 2 is 1.79 bits per heavy atom. The van der Waals surface area contributed by atoms with Crippen LogP contribution in [-0.2, 0) is 19.4 Å². The maximum absolute atomic E-state index is 11.9. The number of carbonyl (C=O) groups is 2. The molecule has 0 aliphatic heterocycles. The molecule has 0 fully saturated rings. The molecule has 9 N–H and O–H groups in total. The third kappa shape index (κ3) is 7.15. The molecule has 112 valence electrons. The predicted molar refractivity (Wildman–Crippen MR) is 66.5 cm³/mol. The molecule has 0 bridgehead atoms. The number of carbonyl (C=O) groups excluding carboxylic acids is 1. The highest BCUT2D eigenvalue weighted by molar-refractivity contribution is 5.85. The van der Waals surface area contributed by atoms with E-state index in [9.17, 15) is 9.59 Å². The first-order chi connectivity index (χ1) is 8.93. The maximum Gasteiger partial charge on any atom is 0.320 e. The molecule has 1 unspecified atom stereocenters. The van der Waals surface area contributed by atoms with E-state index in [0.29, 0.717) is 0 Å². The summed E-state index contributed by atoms with van der Waals surface area (Å²) in [4.78, 5) is 31.8. The van der Waals surface area contributed by atoms with Crippen LogP contribution in [-0.4, -0.2) is 48.8 Å². The van der Waals surface area contributed by atoms with E-state index < -0.39 is 29.9 Å². The largest absolute Gasteiger partial charge is 0.480 e. The predicted octanol–water partition coefficient (Wildman–Crippen LogP) is -2.49. The Kier molecular flexibility index (Phi) is 9.21. The van der Waals surface area contributed by atoms with Gasteiger partial charge in [0.15, 0.2) is 12.0 Å². The summed E-state index contributed by atoms with van der Waals surface area (Å²) in [7, 11) is 0. The van der Waals surface area contributed by atoms with E-state index in [-0.39, 0.29) is 32.5 Å². The fourth-order valence-corrected chi connectivity index (χ4v) is 1.43. The summed E-state index contributed by atoms with van der Waals surface area (Å²) in [5.74, 6) is -2.38. The SMILES string of the molecule is NCCOO[C@H](N)C(=O)C(CCN)C[C@H](N)C(=O)O. The van der Waals surface area contributed by atoms with Crippen LogP contribution in [0.15, 0.2) is 0 Å². The first kappa shape index (κ1) is 17.9. The van der Waals surface area contributed by atoms with Gasteiger partial charge in [0.1, 0.15) is 6.04 Å². The van der Waals surface area contributed by atoms with Gasteiger partial charge in [0.05, 0.1) is 6.61 Å². The second-order valence-corrected chi connectivity index (χ2v) is 3.98. The van der Waals surface area contributed by atoms with E-state index in [4.69, 9.17) is 28.0 Å². The number of hydrogen-bond acceptors (Lipinski definition) is 8. The van der Waals surface area contributed by atoms with Gasteiger partial charge in [-0.3, -0.25) is 15.3 Å². The van der Waals surface area contributed by atoms with E-state index in [2.05, 4.69) is 9.78 Å². The van der Waals surface area contributed by atoms with Crippen molar-refractivity contribution in [2.75, 3.05) is 19.7 Å². The van der Waals surface area contributed by atoms with Crippen molar-refractivity contribution in [1.82, 2.24) is 0 Å². The quantitative estimate of drug-likeness (QED) is 0.118. The molecule has 0 aromatic heterocycles. The van der Waals surface area contributed by atoms with Crippen molar-refractivity contribution in [2.45, 2.75) is 25.1 Å². The van der Waals surface area contributed by atoms with Gasteiger partial charge in [-0.25, -0.2) is 9.78 Å². The molecule has 0 spiro atoms. The Labute approximate surface area is 111 Å². The third-order valence-electron chi connectivity index (χ3n) is 2.43. The molecule has 0 saturated carbocycles. The topological polar surface area (TPSA) is 177 Å². The number of hydrogen-bond donors (Lipinski definition) is 5. The molecule has 0 aliphatic carbocycles. The fourth-order valence-electron chi connectivity index (χ4n) is 1.43. The van der Waals surface area contributed by atoms with Crippen LogP contribution in [0.1, 0.15) is 12.8 Å². The number of carboxylic acid groups (broad SMARTS) is 1. The lowest BCUT2D eigenvalue weighted by Crippen LogP contribution is -2.42. The van der Waals surface area contributed by atoms with Crippen molar-refractivity contribution < 1.29 is 24.5 Å². The number of rotatable bonds is 11. The lowest BCUT2D eigenvalue weighted by molar-refractivity contribution is -0.314. The van der Waals surface area contributed by atoms with E-state index in [1.807, 2.05) is 0 Å². The van der Waals surface area contributed by atoms with E-state index in [0.717, 1.165) is 0 Å². The Morgan fingerprint density at radius 1 is 1.16 bits per heavy atom. The van der Waals surface area contributed by atoms with Crippen LogP contribution < -0.4 is 22.9 Å². The molecule has 0 aliphatic rings. The zero-order valence-electron chi connectivity index (χ0n) is 10.7. The highest BCUT2D eigenvalue weighted by Crippen LogP contribution is 2.14. The van der Waals surface area contributed by atoms with Gasteiger partial charge in [-0.05, 0) is 19.4 Å². The summed E-state index contributed by atoms with van der Waals surface area (Å²) in [5.41, 5.74) is 21.4. The number of aliphatic carboxylic acids is 1. The van der Waals surface area contributed by atoms with Crippen molar-refractivity contribution in [3.8, 4) is 0 Å². The number of carboxylic acids is 1. The molecule has 9 heteroatoms. The van der Waals surface area contributed by atoms with Gasteiger partial charge >= 0.3 is 5.97 Å².